The SMILES string of the molecule is CCCCNC1c2ccccc2N(C)[S+]([O-])c2cc(Cl)ccc21. The van der Waals surface area contributed by atoms with Gasteiger partial charge in [0, 0.05) is 22.2 Å². The van der Waals surface area contributed by atoms with Gasteiger partial charge in [0.05, 0.1) is 18.8 Å². The second-order valence-electron chi connectivity index (χ2n) is 5.73. The van der Waals surface area contributed by atoms with Gasteiger partial charge in [0.25, 0.3) is 0 Å². The van der Waals surface area contributed by atoms with Gasteiger partial charge in [-0.25, -0.2) is 0 Å². The number of para-hydroxylation sites is 1. The highest BCUT2D eigenvalue weighted by Gasteiger charge is 2.34. The lowest BCUT2D eigenvalue weighted by molar-refractivity contribution is 0.570. The summed E-state index contributed by atoms with van der Waals surface area (Å²) in [6.45, 7) is 3.10. The molecule has 5 heteroatoms. The minimum Gasteiger partial charge on any atom is -0.588 e. The van der Waals surface area contributed by atoms with E-state index in [0.717, 1.165) is 41.1 Å². The van der Waals surface area contributed by atoms with Gasteiger partial charge in [0.15, 0.2) is 4.90 Å². The first-order chi connectivity index (χ1) is 11.1. The van der Waals surface area contributed by atoms with E-state index in [0.29, 0.717) is 5.02 Å². The molecule has 0 saturated carbocycles. The Kier molecular flexibility index (Phi) is 5.17. The van der Waals surface area contributed by atoms with Crippen LogP contribution in [0.2, 0.25) is 5.02 Å². The molecule has 2 aromatic carbocycles. The van der Waals surface area contributed by atoms with E-state index in [1.165, 1.54) is 0 Å². The Bertz CT molecular complexity index is 694. The molecule has 0 spiro atoms. The molecule has 0 saturated heterocycles. The van der Waals surface area contributed by atoms with E-state index in [4.69, 9.17) is 11.6 Å². The molecule has 1 aliphatic rings. The van der Waals surface area contributed by atoms with Crippen LogP contribution in [0.5, 0.6) is 0 Å². The summed E-state index contributed by atoms with van der Waals surface area (Å²) in [7, 11) is 1.87. The van der Waals surface area contributed by atoms with E-state index >= 15 is 0 Å². The molecule has 2 atom stereocenters. The summed E-state index contributed by atoms with van der Waals surface area (Å²) in [5.74, 6) is 0. The van der Waals surface area contributed by atoms with Crippen LogP contribution < -0.4 is 9.62 Å². The van der Waals surface area contributed by atoms with Crippen LogP contribution in [0.25, 0.3) is 0 Å². The van der Waals surface area contributed by atoms with Gasteiger partial charge in [-0.15, -0.1) is 0 Å². The molecule has 2 unspecified atom stereocenters. The fraction of sp³-hybridized carbons (Fsp3) is 0.333. The molecule has 122 valence electrons. The summed E-state index contributed by atoms with van der Waals surface area (Å²) in [4.78, 5) is 0.783. The van der Waals surface area contributed by atoms with Crippen molar-refractivity contribution in [2.75, 3.05) is 17.9 Å². The van der Waals surface area contributed by atoms with Gasteiger partial charge in [0.1, 0.15) is 11.4 Å². The van der Waals surface area contributed by atoms with Crippen molar-refractivity contribution < 1.29 is 4.55 Å². The molecule has 0 aromatic heterocycles. The average molecular weight is 349 g/mol. The predicted molar refractivity (Wildman–Crippen MR) is 97.5 cm³/mol. The molecule has 1 heterocycles. The summed E-state index contributed by atoms with van der Waals surface area (Å²) in [5.41, 5.74) is 3.19. The van der Waals surface area contributed by atoms with Crippen molar-refractivity contribution in [2.45, 2.75) is 30.7 Å². The maximum Gasteiger partial charge on any atom is 0.186 e. The number of anilines is 1. The third-order valence-corrected chi connectivity index (χ3v) is 5.85. The summed E-state index contributed by atoms with van der Waals surface area (Å²) >= 11 is 4.89. The van der Waals surface area contributed by atoms with Crippen molar-refractivity contribution in [1.82, 2.24) is 5.32 Å². The van der Waals surface area contributed by atoms with Crippen LogP contribution in [0.4, 0.5) is 5.69 Å². The summed E-state index contributed by atoms with van der Waals surface area (Å²) < 4.78 is 14.8. The fourth-order valence-corrected chi connectivity index (χ4v) is 4.46. The molecule has 2 aromatic rings. The van der Waals surface area contributed by atoms with Crippen molar-refractivity contribution in [3.8, 4) is 0 Å². The van der Waals surface area contributed by atoms with Crippen molar-refractivity contribution in [3.05, 3.63) is 58.6 Å². The number of hydrogen-bond acceptors (Lipinski definition) is 3. The van der Waals surface area contributed by atoms with E-state index in [1.807, 2.05) is 47.8 Å². The monoisotopic (exact) mass is 348 g/mol. The third-order valence-electron chi connectivity index (χ3n) is 4.19. The number of hydrogen-bond donors (Lipinski definition) is 1. The van der Waals surface area contributed by atoms with Gasteiger partial charge in [-0.2, -0.15) is 4.31 Å². The van der Waals surface area contributed by atoms with Crippen LogP contribution >= 0.6 is 11.6 Å². The first-order valence-corrected chi connectivity index (χ1v) is 9.39. The van der Waals surface area contributed by atoms with E-state index in [-0.39, 0.29) is 6.04 Å². The van der Waals surface area contributed by atoms with Crippen LogP contribution in [0.3, 0.4) is 0 Å². The normalized spacial score (nSPS) is 19.9. The van der Waals surface area contributed by atoms with Gasteiger partial charge in [-0.1, -0.05) is 49.2 Å². The van der Waals surface area contributed by atoms with Crippen molar-refractivity contribution >= 4 is 28.7 Å². The average Bonchev–Trinajstić information content (AvgIpc) is 2.65. The molecule has 23 heavy (non-hydrogen) atoms. The van der Waals surface area contributed by atoms with Crippen molar-refractivity contribution in [2.24, 2.45) is 0 Å². The van der Waals surface area contributed by atoms with E-state index in [2.05, 4.69) is 18.3 Å². The Labute approximate surface area is 146 Å². The lowest BCUT2D eigenvalue weighted by atomic mass is 9.96. The molecule has 0 radical (unpaired) electrons. The quantitative estimate of drug-likeness (QED) is 0.661. The van der Waals surface area contributed by atoms with Crippen LogP contribution in [0.1, 0.15) is 36.9 Å². The first-order valence-electron chi connectivity index (χ1n) is 7.91. The standard InChI is InChI=1S/C18H21ClN2OS/c1-3-4-11-20-18-14-7-5-6-8-16(14)21(2)23(22)17-12-13(19)9-10-15(17)18/h5-10,12,18,20H,3-4,11H2,1-2H3. The summed E-state index contributed by atoms with van der Waals surface area (Å²) in [6.07, 6.45) is 2.25. The second-order valence-corrected chi connectivity index (χ2v) is 7.65. The number of rotatable bonds is 4. The molecule has 0 bridgehead atoms. The van der Waals surface area contributed by atoms with Gasteiger partial charge in [-0.05, 0) is 25.1 Å². The highest BCUT2D eigenvalue weighted by atomic mass is 35.5. The first kappa shape index (κ1) is 16.7. The van der Waals surface area contributed by atoms with Crippen LogP contribution in [-0.4, -0.2) is 18.1 Å². The lowest BCUT2D eigenvalue weighted by Gasteiger charge is -2.21. The van der Waals surface area contributed by atoms with Crippen LogP contribution in [0, 0.1) is 0 Å². The molecule has 1 N–H and O–H groups in total. The Hall–Kier alpha value is -1.20. The maximum atomic E-state index is 13.0. The highest BCUT2D eigenvalue weighted by Crippen LogP contribution is 2.40. The minimum absolute atomic E-state index is 0.0268. The number of halogens is 1. The number of nitrogens with zero attached hydrogens (tertiary/aromatic N) is 1. The van der Waals surface area contributed by atoms with Gasteiger partial charge >= 0.3 is 0 Å². The molecule has 1 aliphatic heterocycles. The smallest absolute Gasteiger partial charge is 0.186 e. The van der Waals surface area contributed by atoms with Crippen molar-refractivity contribution in [1.29, 1.82) is 0 Å². The molecule has 0 amide bonds. The fourth-order valence-electron chi connectivity index (χ4n) is 2.96. The van der Waals surface area contributed by atoms with Crippen molar-refractivity contribution in [3.63, 3.8) is 0 Å². The molecule has 0 aliphatic carbocycles. The largest absolute Gasteiger partial charge is 0.588 e. The Morgan fingerprint density at radius 3 is 2.78 bits per heavy atom. The number of unbranched alkanes of at least 4 members (excludes halogenated alkanes) is 1. The van der Waals surface area contributed by atoms with Gasteiger partial charge in [0.2, 0.25) is 0 Å². The van der Waals surface area contributed by atoms with Gasteiger partial charge < -0.3 is 9.87 Å². The second kappa shape index (κ2) is 7.14. The third kappa shape index (κ3) is 3.22. The Balaban J connectivity index is 2.13. The highest BCUT2D eigenvalue weighted by molar-refractivity contribution is 7.92. The summed E-state index contributed by atoms with van der Waals surface area (Å²) in [6, 6.07) is 13.9. The molecule has 3 rings (SSSR count). The molecular weight excluding hydrogens is 328 g/mol. The Morgan fingerprint density at radius 1 is 1.22 bits per heavy atom. The molecular formula is C18H21ClN2OS. The maximum absolute atomic E-state index is 13.0. The molecule has 3 nitrogen and oxygen atoms in total. The summed E-state index contributed by atoms with van der Waals surface area (Å²) in [5, 5.41) is 4.25. The van der Waals surface area contributed by atoms with E-state index in [1.54, 1.807) is 0 Å². The van der Waals surface area contributed by atoms with Gasteiger partial charge in [-0.3, -0.25) is 0 Å². The zero-order valence-electron chi connectivity index (χ0n) is 13.4. The number of nitrogens with one attached hydrogen (secondary N) is 1. The zero-order chi connectivity index (χ0) is 16.4. The predicted octanol–water partition coefficient (Wildman–Crippen LogP) is 4.29. The molecule has 0 fully saturated rings. The van der Waals surface area contributed by atoms with E-state index < -0.39 is 11.4 Å². The minimum atomic E-state index is -1.27. The lowest BCUT2D eigenvalue weighted by Crippen LogP contribution is -2.26. The zero-order valence-corrected chi connectivity index (χ0v) is 15.0. The van der Waals surface area contributed by atoms with Crippen LogP contribution in [0.15, 0.2) is 47.4 Å². The Morgan fingerprint density at radius 2 is 2.00 bits per heavy atom. The van der Waals surface area contributed by atoms with E-state index in [9.17, 15) is 4.55 Å². The van der Waals surface area contributed by atoms with Crippen LogP contribution in [-0.2, 0) is 11.4 Å². The number of benzene rings is 2. The number of fused-ring (bicyclic) bond motifs is 2. The topological polar surface area (TPSA) is 38.3 Å².